The van der Waals surface area contributed by atoms with E-state index in [1.54, 1.807) is 48.4 Å². The highest BCUT2D eigenvalue weighted by Gasteiger charge is 2.37. The largest absolute Gasteiger partial charge is 0.496 e. The summed E-state index contributed by atoms with van der Waals surface area (Å²) in [6, 6.07) is 12.5. The van der Waals surface area contributed by atoms with Crippen LogP contribution < -0.4 is 4.74 Å². The number of methoxy groups -OCH3 is 1. The molecule has 1 unspecified atom stereocenters. The molecule has 0 radical (unpaired) electrons. The zero-order valence-corrected chi connectivity index (χ0v) is 14.7. The summed E-state index contributed by atoms with van der Waals surface area (Å²) in [6.07, 6.45) is 0.372. The summed E-state index contributed by atoms with van der Waals surface area (Å²) in [6.45, 7) is 0.199. The van der Waals surface area contributed by atoms with Crippen LogP contribution in [0, 0.1) is 0 Å². The molecule has 1 heterocycles. The van der Waals surface area contributed by atoms with Crippen molar-refractivity contribution in [1.82, 2.24) is 4.90 Å². The maximum absolute atomic E-state index is 12.7. The lowest BCUT2D eigenvalue weighted by Gasteiger charge is -2.21. The van der Waals surface area contributed by atoms with Crippen LogP contribution in [0.4, 0.5) is 0 Å². The first-order valence-electron chi connectivity index (χ1n) is 8.02. The summed E-state index contributed by atoms with van der Waals surface area (Å²) in [5.74, 6) is 0.497. The van der Waals surface area contributed by atoms with Crippen LogP contribution in [-0.4, -0.2) is 53.4 Å². The standard InChI is InChI=1S/C19H20ClNO4/c1-25-17-6-5-15(20)10-16(17)13-3-2-4-14(9-13)18(23)21-8-7-19(24,11-21)12-22/h2-6,9-10,22,24H,7-8,11-12H2,1H3. The van der Waals surface area contributed by atoms with Crippen molar-refractivity contribution in [2.75, 3.05) is 26.8 Å². The van der Waals surface area contributed by atoms with Gasteiger partial charge >= 0.3 is 0 Å². The Bertz CT molecular complexity index is 795. The lowest BCUT2D eigenvalue weighted by Crippen LogP contribution is -2.38. The van der Waals surface area contributed by atoms with Crippen molar-refractivity contribution in [3.8, 4) is 16.9 Å². The van der Waals surface area contributed by atoms with Gasteiger partial charge in [0, 0.05) is 22.7 Å². The number of nitrogens with zero attached hydrogens (tertiary/aromatic N) is 1. The normalized spacial score (nSPS) is 19.9. The van der Waals surface area contributed by atoms with E-state index in [4.69, 9.17) is 16.3 Å². The molecular formula is C19H20ClNO4. The van der Waals surface area contributed by atoms with Gasteiger partial charge < -0.3 is 19.8 Å². The third-order valence-electron chi connectivity index (χ3n) is 4.50. The molecule has 0 aliphatic carbocycles. The second-order valence-electron chi connectivity index (χ2n) is 6.28. The average Bonchev–Trinajstić information content (AvgIpc) is 3.04. The first-order chi connectivity index (χ1) is 12.0. The van der Waals surface area contributed by atoms with Gasteiger partial charge in [-0.2, -0.15) is 0 Å². The molecule has 5 nitrogen and oxygen atoms in total. The summed E-state index contributed by atoms with van der Waals surface area (Å²) >= 11 is 6.09. The molecule has 1 aliphatic rings. The van der Waals surface area contributed by atoms with Gasteiger partial charge in [-0.3, -0.25) is 4.79 Å². The Morgan fingerprint density at radius 1 is 1.32 bits per heavy atom. The van der Waals surface area contributed by atoms with Crippen LogP contribution in [0.5, 0.6) is 5.75 Å². The average molecular weight is 362 g/mol. The maximum atomic E-state index is 12.7. The monoisotopic (exact) mass is 361 g/mol. The molecule has 0 aromatic heterocycles. The molecule has 3 rings (SSSR count). The predicted molar refractivity (Wildman–Crippen MR) is 96.0 cm³/mol. The fraction of sp³-hybridized carbons (Fsp3) is 0.316. The Labute approximate surface area is 151 Å². The highest BCUT2D eigenvalue weighted by Crippen LogP contribution is 2.33. The highest BCUT2D eigenvalue weighted by atomic mass is 35.5. The number of β-amino-alcohol motifs (C(OH)–C–C–N with tert-alkyl or cyclic N) is 1. The SMILES string of the molecule is COc1ccc(Cl)cc1-c1cccc(C(=O)N2CCC(O)(CO)C2)c1. The Morgan fingerprint density at radius 2 is 2.12 bits per heavy atom. The zero-order chi connectivity index (χ0) is 18.0. The molecule has 2 aromatic rings. The minimum absolute atomic E-state index is 0.132. The highest BCUT2D eigenvalue weighted by molar-refractivity contribution is 6.31. The molecule has 2 N–H and O–H groups in total. The van der Waals surface area contributed by atoms with Gasteiger partial charge in [-0.05, 0) is 42.3 Å². The van der Waals surface area contributed by atoms with Gasteiger partial charge in [0.15, 0.2) is 0 Å². The van der Waals surface area contributed by atoms with E-state index in [1.807, 2.05) is 6.07 Å². The van der Waals surface area contributed by atoms with Gasteiger partial charge in [-0.25, -0.2) is 0 Å². The van der Waals surface area contributed by atoms with E-state index in [1.165, 1.54) is 0 Å². The first-order valence-corrected chi connectivity index (χ1v) is 8.40. The van der Waals surface area contributed by atoms with Gasteiger partial charge in [0.1, 0.15) is 11.4 Å². The van der Waals surface area contributed by atoms with E-state index >= 15 is 0 Å². The van der Waals surface area contributed by atoms with E-state index in [0.29, 0.717) is 29.3 Å². The van der Waals surface area contributed by atoms with Crippen LogP contribution in [0.25, 0.3) is 11.1 Å². The van der Waals surface area contributed by atoms with Crippen molar-refractivity contribution >= 4 is 17.5 Å². The number of carbonyl (C=O) groups is 1. The van der Waals surface area contributed by atoms with E-state index in [-0.39, 0.29) is 19.1 Å². The van der Waals surface area contributed by atoms with Crippen LogP contribution in [0.1, 0.15) is 16.8 Å². The Morgan fingerprint density at radius 3 is 2.80 bits per heavy atom. The topological polar surface area (TPSA) is 70.0 Å². The van der Waals surface area contributed by atoms with Gasteiger partial charge in [0.05, 0.1) is 20.3 Å². The summed E-state index contributed by atoms with van der Waals surface area (Å²) in [5.41, 5.74) is 0.935. The van der Waals surface area contributed by atoms with Crippen LogP contribution >= 0.6 is 11.6 Å². The molecule has 0 bridgehead atoms. The molecule has 132 valence electrons. The van der Waals surface area contributed by atoms with Crippen molar-refractivity contribution in [2.45, 2.75) is 12.0 Å². The fourth-order valence-electron chi connectivity index (χ4n) is 3.07. The van der Waals surface area contributed by atoms with Crippen molar-refractivity contribution in [2.24, 2.45) is 0 Å². The van der Waals surface area contributed by atoms with Crippen LogP contribution in [-0.2, 0) is 0 Å². The Kier molecular flexibility index (Phi) is 4.99. The fourth-order valence-corrected chi connectivity index (χ4v) is 3.24. The quantitative estimate of drug-likeness (QED) is 0.878. The minimum atomic E-state index is -1.20. The number of benzene rings is 2. The molecule has 6 heteroatoms. The van der Waals surface area contributed by atoms with Crippen molar-refractivity contribution in [3.05, 3.63) is 53.1 Å². The number of amides is 1. The van der Waals surface area contributed by atoms with Crippen LogP contribution in [0.2, 0.25) is 5.02 Å². The number of carbonyl (C=O) groups excluding carboxylic acids is 1. The molecule has 25 heavy (non-hydrogen) atoms. The number of halogens is 1. The second-order valence-corrected chi connectivity index (χ2v) is 6.72. The maximum Gasteiger partial charge on any atom is 0.253 e. The van der Waals surface area contributed by atoms with E-state index in [2.05, 4.69) is 0 Å². The molecule has 1 saturated heterocycles. The third kappa shape index (κ3) is 3.63. The molecule has 0 spiro atoms. The lowest BCUT2D eigenvalue weighted by molar-refractivity contribution is -0.00455. The molecule has 1 aliphatic heterocycles. The molecular weight excluding hydrogens is 342 g/mol. The Balaban J connectivity index is 1.90. The number of ether oxygens (including phenoxy) is 1. The van der Waals surface area contributed by atoms with Gasteiger partial charge in [0.2, 0.25) is 0 Å². The Hall–Kier alpha value is -2.08. The van der Waals surface area contributed by atoms with Crippen molar-refractivity contribution in [3.63, 3.8) is 0 Å². The third-order valence-corrected chi connectivity index (χ3v) is 4.73. The number of likely N-dealkylation sites (tertiary alicyclic amines) is 1. The van der Waals surface area contributed by atoms with Gasteiger partial charge in [-0.1, -0.05) is 23.7 Å². The van der Waals surface area contributed by atoms with E-state index in [0.717, 1.165) is 11.1 Å². The minimum Gasteiger partial charge on any atom is -0.496 e. The number of hydrogen-bond donors (Lipinski definition) is 2. The predicted octanol–water partition coefficient (Wildman–Crippen LogP) is 2.58. The zero-order valence-electron chi connectivity index (χ0n) is 13.9. The molecule has 0 saturated carbocycles. The number of aliphatic hydroxyl groups is 2. The molecule has 1 amide bonds. The van der Waals surface area contributed by atoms with E-state index in [9.17, 15) is 15.0 Å². The summed E-state index contributed by atoms with van der Waals surface area (Å²) < 4.78 is 5.38. The summed E-state index contributed by atoms with van der Waals surface area (Å²) in [7, 11) is 1.59. The van der Waals surface area contributed by atoms with Crippen LogP contribution in [0.3, 0.4) is 0 Å². The summed E-state index contributed by atoms with van der Waals surface area (Å²) in [5, 5.41) is 20.0. The summed E-state index contributed by atoms with van der Waals surface area (Å²) in [4.78, 5) is 14.3. The molecule has 1 fully saturated rings. The molecule has 2 aromatic carbocycles. The molecule has 1 atom stereocenters. The second kappa shape index (κ2) is 7.04. The van der Waals surface area contributed by atoms with E-state index < -0.39 is 5.60 Å². The number of hydrogen-bond acceptors (Lipinski definition) is 4. The van der Waals surface area contributed by atoms with Crippen molar-refractivity contribution in [1.29, 1.82) is 0 Å². The number of rotatable bonds is 4. The first kappa shape index (κ1) is 17.7. The van der Waals surface area contributed by atoms with Crippen molar-refractivity contribution < 1.29 is 19.7 Å². The van der Waals surface area contributed by atoms with Gasteiger partial charge in [-0.15, -0.1) is 0 Å². The number of aliphatic hydroxyl groups excluding tert-OH is 1. The lowest BCUT2D eigenvalue weighted by atomic mass is 10.0. The smallest absolute Gasteiger partial charge is 0.253 e. The van der Waals surface area contributed by atoms with Gasteiger partial charge in [0.25, 0.3) is 5.91 Å². The van der Waals surface area contributed by atoms with Crippen LogP contribution in [0.15, 0.2) is 42.5 Å².